The Morgan fingerprint density at radius 2 is 2.35 bits per heavy atom. The van der Waals surface area contributed by atoms with Gasteiger partial charge in [0.05, 0.1) is 12.0 Å². The summed E-state index contributed by atoms with van der Waals surface area (Å²) in [5, 5.41) is 19.9. The minimum Gasteiger partial charge on any atom is -0.469 e. The summed E-state index contributed by atoms with van der Waals surface area (Å²) >= 11 is 0. The Morgan fingerprint density at radius 1 is 1.65 bits per heavy atom. The predicted octanol–water partition coefficient (Wildman–Crippen LogP) is 1.25. The fourth-order valence-corrected chi connectivity index (χ4v) is 1.66. The van der Waals surface area contributed by atoms with Crippen LogP contribution >= 0.6 is 0 Å². The van der Waals surface area contributed by atoms with Gasteiger partial charge in [0.1, 0.15) is 11.6 Å². The highest BCUT2D eigenvalue weighted by atomic mass is 16.6. The van der Waals surface area contributed by atoms with Crippen molar-refractivity contribution in [2.24, 2.45) is 0 Å². The molecule has 0 N–H and O–H groups in total. The zero-order valence-electron chi connectivity index (χ0n) is 11.2. The topological polar surface area (TPSA) is 109 Å². The molecule has 20 heavy (non-hydrogen) atoms. The smallest absolute Gasteiger partial charge is 0.329 e. The molecule has 8 nitrogen and oxygen atoms in total. The van der Waals surface area contributed by atoms with Crippen molar-refractivity contribution in [2.45, 2.75) is 12.8 Å². The largest absolute Gasteiger partial charge is 0.469 e. The maximum Gasteiger partial charge on any atom is 0.329 e. The molecular weight excluding hydrogens is 264 g/mol. The first-order chi connectivity index (χ1) is 9.51. The van der Waals surface area contributed by atoms with Gasteiger partial charge in [-0.2, -0.15) is 5.26 Å². The van der Waals surface area contributed by atoms with Gasteiger partial charge < -0.3 is 9.64 Å². The van der Waals surface area contributed by atoms with Gasteiger partial charge in [-0.25, -0.2) is 4.98 Å². The van der Waals surface area contributed by atoms with Crippen molar-refractivity contribution < 1.29 is 14.5 Å². The number of nitro groups is 1. The summed E-state index contributed by atoms with van der Waals surface area (Å²) in [6, 6.07) is 3.07. The van der Waals surface area contributed by atoms with Crippen molar-refractivity contribution in [1.29, 1.82) is 5.26 Å². The number of esters is 1. The van der Waals surface area contributed by atoms with E-state index in [2.05, 4.69) is 9.72 Å². The molecule has 0 aliphatic carbocycles. The molecule has 0 spiro atoms. The molecule has 1 aromatic rings. The minimum absolute atomic E-state index is 0.0418. The number of methoxy groups -OCH3 is 1. The van der Waals surface area contributed by atoms with E-state index in [0.29, 0.717) is 13.0 Å². The highest BCUT2D eigenvalue weighted by Crippen LogP contribution is 2.28. The Morgan fingerprint density at radius 3 is 2.90 bits per heavy atom. The molecule has 0 bridgehead atoms. The lowest BCUT2D eigenvalue weighted by atomic mass is 10.2. The lowest BCUT2D eigenvalue weighted by Gasteiger charge is -2.17. The molecule has 1 heterocycles. The van der Waals surface area contributed by atoms with Crippen LogP contribution in [0.15, 0.2) is 12.3 Å². The fraction of sp³-hybridized carbons (Fsp3) is 0.417. The van der Waals surface area contributed by atoms with E-state index in [1.807, 2.05) is 0 Å². The monoisotopic (exact) mass is 278 g/mol. The van der Waals surface area contributed by atoms with Crippen molar-refractivity contribution >= 4 is 17.5 Å². The maximum absolute atomic E-state index is 11.0. The van der Waals surface area contributed by atoms with Crippen molar-refractivity contribution in [1.82, 2.24) is 4.98 Å². The first-order valence-corrected chi connectivity index (χ1v) is 5.82. The molecule has 0 unspecified atom stereocenters. The third kappa shape index (κ3) is 3.65. The van der Waals surface area contributed by atoms with Gasteiger partial charge in [-0.05, 0) is 12.5 Å². The molecule has 0 fully saturated rings. The van der Waals surface area contributed by atoms with Gasteiger partial charge in [-0.3, -0.25) is 14.9 Å². The van der Waals surface area contributed by atoms with Gasteiger partial charge >= 0.3 is 11.7 Å². The first kappa shape index (κ1) is 15.4. The molecule has 0 aromatic carbocycles. The quantitative estimate of drug-likeness (QED) is 0.437. The summed E-state index contributed by atoms with van der Waals surface area (Å²) in [5.74, 6) is -0.231. The molecule has 1 aromatic heterocycles. The van der Waals surface area contributed by atoms with Gasteiger partial charge in [0, 0.05) is 26.2 Å². The van der Waals surface area contributed by atoms with Crippen LogP contribution in [0.4, 0.5) is 11.5 Å². The Balaban J connectivity index is 2.88. The summed E-state index contributed by atoms with van der Waals surface area (Å²) in [6.45, 7) is 0.387. The molecule has 0 atom stereocenters. The summed E-state index contributed by atoms with van der Waals surface area (Å²) in [5.41, 5.74) is -0.365. The average Bonchev–Trinajstić information content (AvgIpc) is 2.45. The number of aromatic nitrogens is 1. The van der Waals surface area contributed by atoms with Gasteiger partial charge in [-0.15, -0.1) is 0 Å². The molecule has 8 heteroatoms. The molecule has 0 radical (unpaired) electrons. The summed E-state index contributed by atoms with van der Waals surface area (Å²) < 4.78 is 4.51. The second-order valence-electron chi connectivity index (χ2n) is 4.00. The number of carbonyl (C=O) groups is 1. The molecule has 0 aliphatic rings. The number of hydrogen-bond donors (Lipinski definition) is 0. The number of rotatable bonds is 6. The van der Waals surface area contributed by atoms with Gasteiger partial charge in [0.15, 0.2) is 0 Å². The molecule has 0 saturated heterocycles. The van der Waals surface area contributed by atoms with E-state index in [1.54, 1.807) is 18.0 Å². The normalized spacial score (nSPS) is 9.65. The number of pyridine rings is 1. The van der Waals surface area contributed by atoms with E-state index in [-0.39, 0.29) is 29.5 Å². The van der Waals surface area contributed by atoms with Crippen LogP contribution < -0.4 is 4.90 Å². The van der Waals surface area contributed by atoms with Crippen LogP contribution in [0.2, 0.25) is 0 Å². The highest BCUT2D eigenvalue weighted by molar-refractivity contribution is 5.69. The number of nitriles is 1. The van der Waals surface area contributed by atoms with E-state index < -0.39 is 4.92 Å². The lowest BCUT2D eigenvalue weighted by Crippen LogP contribution is -2.22. The number of nitrogens with zero attached hydrogens (tertiary/aromatic N) is 4. The van der Waals surface area contributed by atoms with Crippen LogP contribution in [-0.2, 0) is 9.53 Å². The third-order valence-electron chi connectivity index (χ3n) is 2.67. The van der Waals surface area contributed by atoms with Crippen LogP contribution in [0.3, 0.4) is 0 Å². The molecular formula is C12H14N4O4. The Kier molecular flexibility index (Phi) is 5.41. The van der Waals surface area contributed by atoms with E-state index >= 15 is 0 Å². The van der Waals surface area contributed by atoms with E-state index in [9.17, 15) is 14.9 Å². The van der Waals surface area contributed by atoms with E-state index in [1.165, 1.54) is 19.4 Å². The van der Waals surface area contributed by atoms with E-state index in [0.717, 1.165) is 0 Å². The first-order valence-electron chi connectivity index (χ1n) is 5.82. The van der Waals surface area contributed by atoms with Crippen LogP contribution in [0.1, 0.15) is 18.4 Å². The van der Waals surface area contributed by atoms with Gasteiger partial charge in [0.25, 0.3) is 0 Å². The SMILES string of the molecule is COC(=O)CCCN(C)c1nccc(C#N)c1[N+](=O)[O-]. The number of anilines is 1. The van der Waals surface area contributed by atoms with Crippen LogP contribution in [-0.4, -0.2) is 36.6 Å². The van der Waals surface area contributed by atoms with Gasteiger partial charge in [0.2, 0.25) is 5.82 Å². The molecule has 0 aliphatic heterocycles. The zero-order valence-corrected chi connectivity index (χ0v) is 11.2. The number of carbonyl (C=O) groups excluding carboxylic acids is 1. The van der Waals surface area contributed by atoms with Crippen molar-refractivity contribution in [3.05, 3.63) is 27.9 Å². The maximum atomic E-state index is 11.0. The number of hydrogen-bond acceptors (Lipinski definition) is 7. The molecule has 106 valence electrons. The van der Waals surface area contributed by atoms with Gasteiger partial charge in [-0.1, -0.05) is 0 Å². The van der Waals surface area contributed by atoms with Crippen LogP contribution in [0, 0.1) is 21.4 Å². The summed E-state index contributed by atoms with van der Waals surface area (Å²) in [4.78, 5) is 26.9. The zero-order chi connectivity index (χ0) is 15.1. The molecule has 0 amide bonds. The van der Waals surface area contributed by atoms with E-state index in [4.69, 9.17) is 5.26 Å². The average molecular weight is 278 g/mol. The predicted molar refractivity (Wildman–Crippen MR) is 70.1 cm³/mol. The Labute approximate surface area is 115 Å². The second kappa shape index (κ2) is 7.04. The third-order valence-corrected chi connectivity index (χ3v) is 2.67. The van der Waals surface area contributed by atoms with Crippen LogP contribution in [0.25, 0.3) is 0 Å². The van der Waals surface area contributed by atoms with Crippen molar-refractivity contribution in [2.75, 3.05) is 25.6 Å². The Bertz CT molecular complexity index is 553. The van der Waals surface area contributed by atoms with Crippen molar-refractivity contribution in [3.63, 3.8) is 0 Å². The standard InChI is InChI=1S/C12H14N4O4/c1-15(7-3-4-10(17)20-2)12-11(16(18)19)9(8-13)5-6-14-12/h5-6H,3-4,7H2,1-2H3. The molecule has 1 rings (SSSR count). The Hall–Kier alpha value is -2.69. The van der Waals surface area contributed by atoms with Crippen molar-refractivity contribution in [3.8, 4) is 6.07 Å². The summed E-state index contributed by atoms with van der Waals surface area (Å²) in [6.07, 6.45) is 2.03. The minimum atomic E-state index is -0.627. The highest BCUT2D eigenvalue weighted by Gasteiger charge is 2.23. The lowest BCUT2D eigenvalue weighted by molar-refractivity contribution is -0.384. The second-order valence-corrected chi connectivity index (χ2v) is 4.00. The molecule has 0 saturated carbocycles. The van der Waals surface area contributed by atoms with Crippen LogP contribution in [0.5, 0.6) is 0 Å². The fourth-order valence-electron chi connectivity index (χ4n) is 1.66. The summed E-state index contributed by atoms with van der Waals surface area (Å²) in [7, 11) is 2.92. The number of ether oxygens (including phenoxy) is 1.